The van der Waals surface area contributed by atoms with E-state index in [4.69, 9.17) is 0 Å². The summed E-state index contributed by atoms with van der Waals surface area (Å²) in [4.78, 5) is 15.7. The molecule has 3 fully saturated rings. The van der Waals surface area contributed by atoms with Gasteiger partial charge in [-0.25, -0.2) is 13.1 Å². The highest BCUT2D eigenvalue weighted by molar-refractivity contribution is 7.91. The molecule has 1 aromatic rings. The lowest BCUT2D eigenvalue weighted by atomic mass is 9.77. The van der Waals surface area contributed by atoms with Crippen molar-refractivity contribution in [3.63, 3.8) is 0 Å². The first-order valence-electron chi connectivity index (χ1n) is 12.9. The molecule has 4 atom stereocenters. The van der Waals surface area contributed by atoms with Gasteiger partial charge in [0.2, 0.25) is 10.0 Å². The fourth-order valence-electron chi connectivity index (χ4n) is 7.23. The number of carbonyl (C=O) groups excluding carboxylic acids is 1. The Hall–Kier alpha value is -1.96. The Morgan fingerprint density at radius 3 is 2.68 bits per heavy atom. The molecule has 202 valence electrons. The van der Waals surface area contributed by atoms with Gasteiger partial charge in [0, 0.05) is 30.6 Å². The van der Waals surface area contributed by atoms with Crippen LogP contribution in [0.5, 0.6) is 0 Å². The number of sulfonamides is 2. The van der Waals surface area contributed by atoms with Gasteiger partial charge >= 0.3 is 0 Å². The van der Waals surface area contributed by atoms with Crippen molar-refractivity contribution >= 4 is 48.1 Å². The van der Waals surface area contributed by atoms with Crippen LogP contribution in [0.25, 0.3) is 0 Å². The largest absolute Gasteiger partial charge is 0.511 e. The molecule has 1 amide bonds. The van der Waals surface area contributed by atoms with Crippen molar-refractivity contribution in [2.45, 2.75) is 68.8 Å². The quantitative estimate of drug-likeness (QED) is 0.458. The second-order valence-corrected chi connectivity index (χ2v) is 15.4. The van der Waals surface area contributed by atoms with Gasteiger partial charge < -0.3 is 15.3 Å². The summed E-state index contributed by atoms with van der Waals surface area (Å²) in [5, 5.41) is 16.2. The number of nitrogens with zero attached hydrogens (tertiary/aromatic N) is 2. The SMILES string of the molecule is CS(=O)(=O)NCc1csc2c1S(=O)(=O)N=C(C1=C(O)C3C([C@H]4CC[C@@H]3C4)N(CCC3CCCC3)C1=O)N2. The number of amidine groups is 1. The van der Waals surface area contributed by atoms with Gasteiger partial charge in [-0.1, -0.05) is 25.7 Å². The zero-order chi connectivity index (χ0) is 26.1. The molecule has 2 unspecified atom stereocenters. The Bertz CT molecular complexity index is 1410. The van der Waals surface area contributed by atoms with Crippen molar-refractivity contribution < 1.29 is 26.7 Å². The maximum atomic E-state index is 13.9. The van der Waals surface area contributed by atoms with E-state index < -0.39 is 20.0 Å². The fourth-order valence-corrected chi connectivity index (χ4v) is 10.3. The lowest BCUT2D eigenvalue weighted by molar-refractivity contribution is -0.133. The predicted molar refractivity (Wildman–Crippen MR) is 140 cm³/mol. The van der Waals surface area contributed by atoms with Crippen LogP contribution in [0.15, 0.2) is 26.0 Å². The number of hydrogen-bond acceptors (Lipinski definition) is 8. The number of aliphatic hydroxyl groups is 1. The molecule has 0 aromatic carbocycles. The Morgan fingerprint density at radius 1 is 1.22 bits per heavy atom. The number of rotatable bonds is 7. The monoisotopic (exact) mass is 568 g/mol. The number of hydrogen-bond donors (Lipinski definition) is 3. The first kappa shape index (κ1) is 25.3. The van der Waals surface area contributed by atoms with E-state index in [1.807, 2.05) is 4.90 Å². The van der Waals surface area contributed by atoms with Gasteiger partial charge in [0.25, 0.3) is 15.9 Å². The molecule has 10 nitrogen and oxygen atoms in total. The molecule has 13 heteroatoms. The van der Waals surface area contributed by atoms with E-state index in [0.29, 0.717) is 18.4 Å². The second-order valence-electron chi connectivity index (χ2n) is 11.1. The minimum Gasteiger partial charge on any atom is -0.511 e. The number of aliphatic hydroxyl groups excluding tert-OH is 1. The van der Waals surface area contributed by atoms with Crippen LogP contribution in [0.2, 0.25) is 0 Å². The van der Waals surface area contributed by atoms with Gasteiger partial charge in [-0.2, -0.15) is 8.42 Å². The van der Waals surface area contributed by atoms with E-state index in [2.05, 4.69) is 14.4 Å². The van der Waals surface area contributed by atoms with Crippen molar-refractivity contribution in [1.82, 2.24) is 9.62 Å². The van der Waals surface area contributed by atoms with Crippen LogP contribution >= 0.6 is 11.3 Å². The summed E-state index contributed by atoms with van der Waals surface area (Å²) < 4.78 is 55.8. The zero-order valence-electron chi connectivity index (χ0n) is 20.6. The maximum Gasteiger partial charge on any atom is 0.287 e. The van der Waals surface area contributed by atoms with Crippen molar-refractivity contribution in [3.05, 3.63) is 22.3 Å². The van der Waals surface area contributed by atoms with Crippen LogP contribution in [-0.4, -0.2) is 57.4 Å². The maximum absolute atomic E-state index is 13.9. The minimum absolute atomic E-state index is 0.0387. The van der Waals surface area contributed by atoms with Crippen molar-refractivity contribution in [2.75, 3.05) is 18.1 Å². The summed E-state index contributed by atoms with van der Waals surface area (Å²) in [6.45, 7) is 0.418. The van der Waals surface area contributed by atoms with Crippen molar-refractivity contribution in [3.8, 4) is 0 Å². The smallest absolute Gasteiger partial charge is 0.287 e. The van der Waals surface area contributed by atoms with Crippen LogP contribution in [-0.2, 0) is 31.4 Å². The molecule has 3 aliphatic carbocycles. The third kappa shape index (κ3) is 4.41. The first-order valence-corrected chi connectivity index (χ1v) is 17.2. The number of fused-ring (bicyclic) bond motifs is 6. The van der Waals surface area contributed by atoms with Gasteiger partial charge in [0.05, 0.1) is 6.26 Å². The summed E-state index contributed by atoms with van der Waals surface area (Å²) in [6.07, 6.45) is 9.76. The third-order valence-corrected chi connectivity index (χ3v) is 12.0. The molecule has 2 aliphatic heterocycles. The zero-order valence-corrected chi connectivity index (χ0v) is 23.1. The number of nitrogens with one attached hydrogen (secondary N) is 2. The highest BCUT2D eigenvalue weighted by atomic mass is 32.2. The topological polar surface area (TPSA) is 145 Å². The second kappa shape index (κ2) is 9.06. The average Bonchev–Trinajstić information content (AvgIpc) is 3.60. The highest BCUT2D eigenvalue weighted by Crippen LogP contribution is 2.55. The Balaban J connectivity index is 1.34. The standard InChI is InChI=1S/C24H32N4O6S3/c1-36(31,32)25-11-16-12-35-23-21(16)37(33,34)27-22(26-23)18-20(29)17-14-6-7-15(10-14)19(17)28(24(18)30)9-8-13-4-2-3-5-13/h12-15,17,19,25,29H,2-11H2,1H3,(H,26,27)/t14-,15+,17?,19?/m1/s1. The average molecular weight is 569 g/mol. The van der Waals surface area contributed by atoms with E-state index >= 15 is 0 Å². The van der Waals surface area contributed by atoms with Crippen LogP contribution in [0, 0.1) is 23.7 Å². The van der Waals surface area contributed by atoms with Gasteiger partial charge in [-0.3, -0.25) is 4.79 Å². The number of carbonyl (C=O) groups is 1. The summed E-state index contributed by atoms with van der Waals surface area (Å²) >= 11 is 1.10. The lowest BCUT2D eigenvalue weighted by Crippen LogP contribution is -2.54. The van der Waals surface area contributed by atoms with Crippen molar-refractivity contribution in [1.29, 1.82) is 0 Å². The first-order chi connectivity index (χ1) is 17.5. The molecule has 3 heterocycles. The Kier molecular flexibility index (Phi) is 6.20. The highest BCUT2D eigenvalue weighted by Gasteiger charge is 2.57. The molecule has 5 aliphatic rings. The third-order valence-electron chi connectivity index (χ3n) is 8.81. The lowest BCUT2D eigenvalue weighted by Gasteiger charge is -2.44. The Labute approximate surface area is 221 Å². The van der Waals surface area contributed by atoms with E-state index in [1.54, 1.807) is 5.38 Å². The van der Waals surface area contributed by atoms with Gasteiger partial charge in [0.15, 0.2) is 5.84 Å². The molecular weight excluding hydrogens is 536 g/mol. The summed E-state index contributed by atoms with van der Waals surface area (Å²) in [5.41, 5.74) is 0.235. The predicted octanol–water partition coefficient (Wildman–Crippen LogP) is 2.96. The number of anilines is 1. The molecule has 3 saturated carbocycles. The fraction of sp³-hybridized carbons (Fsp3) is 0.667. The van der Waals surface area contributed by atoms with Gasteiger partial charge in [-0.05, 0) is 48.8 Å². The van der Waals surface area contributed by atoms with E-state index in [1.165, 1.54) is 25.7 Å². The molecule has 6 rings (SSSR count). The molecule has 0 spiro atoms. The molecule has 0 radical (unpaired) electrons. The van der Waals surface area contributed by atoms with E-state index in [-0.39, 0.29) is 63.0 Å². The van der Waals surface area contributed by atoms with Crippen LogP contribution < -0.4 is 10.0 Å². The van der Waals surface area contributed by atoms with E-state index in [0.717, 1.165) is 43.3 Å². The minimum atomic E-state index is -4.23. The number of thiophene rings is 1. The molecule has 1 aromatic heterocycles. The Morgan fingerprint density at radius 2 is 1.95 bits per heavy atom. The summed E-state index contributed by atoms with van der Waals surface area (Å²) in [7, 11) is -7.76. The molecule has 2 bridgehead atoms. The van der Waals surface area contributed by atoms with Gasteiger partial charge in [0.1, 0.15) is 21.2 Å². The van der Waals surface area contributed by atoms with Gasteiger partial charge in [-0.15, -0.1) is 15.7 Å². The molecule has 0 saturated heterocycles. The number of amides is 1. The van der Waals surface area contributed by atoms with E-state index in [9.17, 15) is 26.7 Å². The van der Waals surface area contributed by atoms with Crippen molar-refractivity contribution in [2.24, 2.45) is 28.1 Å². The van der Waals surface area contributed by atoms with Crippen LogP contribution in [0.4, 0.5) is 5.00 Å². The molecule has 3 N–H and O–H groups in total. The molecule has 37 heavy (non-hydrogen) atoms. The summed E-state index contributed by atoms with van der Waals surface area (Å²) in [6, 6.07) is -0.0387. The normalized spacial score (nSPS) is 30.9. The summed E-state index contributed by atoms with van der Waals surface area (Å²) in [5.74, 6) is 0.507. The molecular formula is C24H32N4O6S3. The van der Waals surface area contributed by atoms with Crippen LogP contribution in [0.1, 0.15) is 56.9 Å². The van der Waals surface area contributed by atoms with Crippen LogP contribution in [0.3, 0.4) is 0 Å².